The van der Waals surface area contributed by atoms with Crippen molar-refractivity contribution in [2.24, 2.45) is 7.05 Å². The molecule has 2 aromatic heterocycles. The number of carbonyl (C=O) groups excluding carboxylic acids is 1. The summed E-state index contributed by atoms with van der Waals surface area (Å²) in [5.74, 6) is 0.172. The highest BCUT2D eigenvalue weighted by atomic mass is 32.2. The van der Waals surface area contributed by atoms with Crippen LogP contribution in [0.4, 0.5) is 0 Å². The van der Waals surface area contributed by atoms with Crippen molar-refractivity contribution in [3.05, 3.63) is 34.5 Å². The van der Waals surface area contributed by atoms with E-state index < -0.39 is 10.0 Å². The highest BCUT2D eigenvalue weighted by molar-refractivity contribution is 7.91. The molecule has 7 nitrogen and oxygen atoms in total. The van der Waals surface area contributed by atoms with E-state index in [1.54, 1.807) is 17.5 Å². The molecule has 4 rings (SSSR count). The number of fused-ring (bicyclic) bond motifs is 1. The summed E-state index contributed by atoms with van der Waals surface area (Å²) in [6, 6.07) is 3.40. The molecule has 4 heterocycles. The molecule has 0 spiro atoms. The number of likely N-dealkylation sites (tertiary alicyclic amines) is 1. The molecule has 146 valence electrons. The number of sulfonamides is 1. The van der Waals surface area contributed by atoms with Crippen LogP contribution in [0.1, 0.15) is 36.2 Å². The van der Waals surface area contributed by atoms with Crippen LogP contribution in [0.3, 0.4) is 0 Å². The number of carbonyl (C=O) groups is 1. The first-order valence-corrected chi connectivity index (χ1v) is 11.6. The van der Waals surface area contributed by atoms with Gasteiger partial charge < -0.3 is 4.90 Å². The maximum atomic E-state index is 12.9. The highest BCUT2D eigenvalue weighted by Gasteiger charge is 2.32. The third-order valence-electron chi connectivity index (χ3n) is 5.41. The van der Waals surface area contributed by atoms with Crippen LogP contribution in [-0.2, 0) is 41.3 Å². The van der Waals surface area contributed by atoms with Gasteiger partial charge in [-0.25, -0.2) is 8.42 Å². The van der Waals surface area contributed by atoms with Crippen molar-refractivity contribution in [3.8, 4) is 0 Å². The van der Waals surface area contributed by atoms with Crippen molar-refractivity contribution < 1.29 is 13.2 Å². The van der Waals surface area contributed by atoms with E-state index in [-0.39, 0.29) is 5.91 Å². The van der Waals surface area contributed by atoms with Crippen molar-refractivity contribution >= 4 is 27.3 Å². The number of thiophene rings is 1. The Morgan fingerprint density at radius 3 is 2.74 bits per heavy atom. The molecule has 1 saturated heterocycles. The fourth-order valence-corrected chi connectivity index (χ4v) is 6.49. The highest BCUT2D eigenvalue weighted by Crippen LogP contribution is 2.29. The number of hydrogen-bond donors (Lipinski definition) is 0. The molecule has 0 aliphatic carbocycles. The summed E-state index contributed by atoms with van der Waals surface area (Å²) >= 11 is 1.24. The molecule has 1 fully saturated rings. The minimum atomic E-state index is -3.47. The molecule has 0 radical (unpaired) electrons. The molecular weight excluding hydrogens is 384 g/mol. The third kappa shape index (κ3) is 3.55. The molecule has 27 heavy (non-hydrogen) atoms. The van der Waals surface area contributed by atoms with Crippen molar-refractivity contribution in [1.29, 1.82) is 0 Å². The van der Waals surface area contributed by atoms with Gasteiger partial charge >= 0.3 is 0 Å². The molecule has 9 heteroatoms. The summed E-state index contributed by atoms with van der Waals surface area (Å²) in [4.78, 5) is 14.3. The first-order chi connectivity index (χ1) is 13.0. The second-order valence-electron chi connectivity index (χ2n) is 7.10. The summed E-state index contributed by atoms with van der Waals surface area (Å²) in [6.07, 6.45) is 3.80. The topological polar surface area (TPSA) is 75.5 Å². The van der Waals surface area contributed by atoms with Crippen LogP contribution < -0.4 is 0 Å². The van der Waals surface area contributed by atoms with E-state index in [0.29, 0.717) is 36.6 Å². The zero-order valence-corrected chi connectivity index (χ0v) is 17.1. The number of rotatable bonds is 5. The van der Waals surface area contributed by atoms with Gasteiger partial charge in [-0.3, -0.25) is 9.48 Å². The van der Waals surface area contributed by atoms with E-state index in [1.165, 1.54) is 15.6 Å². The van der Waals surface area contributed by atoms with Crippen LogP contribution in [0, 0.1) is 0 Å². The molecule has 2 aromatic rings. The molecule has 0 atom stereocenters. The lowest BCUT2D eigenvalue weighted by Gasteiger charge is -2.26. The van der Waals surface area contributed by atoms with Gasteiger partial charge in [0.05, 0.1) is 5.69 Å². The molecule has 0 unspecified atom stereocenters. The van der Waals surface area contributed by atoms with Gasteiger partial charge in [0.2, 0.25) is 5.91 Å². The Balaban J connectivity index is 1.51. The van der Waals surface area contributed by atoms with Crippen LogP contribution >= 0.6 is 11.3 Å². The smallest absolute Gasteiger partial charge is 0.252 e. The van der Waals surface area contributed by atoms with Crippen molar-refractivity contribution in [1.82, 2.24) is 19.0 Å². The SMILES string of the molecule is Cn1nc(CCC(=O)N2CCCC2)c2c1CCN(S(=O)(=O)c1cccs1)C2. The monoisotopic (exact) mass is 408 g/mol. The Kier molecular flexibility index (Phi) is 5.09. The molecule has 0 aromatic carbocycles. The van der Waals surface area contributed by atoms with Gasteiger partial charge in [0, 0.05) is 63.7 Å². The van der Waals surface area contributed by atoms with Gasteiger partial charge in [-0.1, -0.05) is 6.07 Å². The fraction of sp³-hybridized carbons (Fsp3) is 0.556. The van der Waals surface area contributed by atoms with Crippen LogP contribution in [0.2, 0.25) is 0 Å². The number of nitrogens with zero attached hydrogens (tertiary/aromatic N) is 4. The van der Waals surface area contributed by atoms with Gasteiger partial charge in [-0.05, 0) is 24.3 Å². The van der Waals surface area contributed by atoms with Crippen LogP contribution in [0.25, 0.3) is 0 Å². The second-order valence-corrected chi connectivity index (χ2v) is 10.2. The van der Waals surface area contributed by atoms with Gasteiger partial charge in [0.15, 0.2) is 0 Å². The van der Waals surface area contributed by atoms with Crippen molar-refractivity contribution in [2.75, 3.05) is 19.6 Å². The van der Waals surface area contributed by atoms with E-state index in [4.69, 9.17) is 0 Å². The van der Waals surface area contributed by atoms with Crippen LogP contribution in [0.15, 0.2) is 21.7 Å². The van der Waals surface area contributed by atoms with E-state index in [9.17, 15) is 13.2 Å². The van der Waals surface area contributed by atoms with Crippen LogP contribution in [-0.4, -0.2) is 52.9 Å². The van der Waals surface area contributed by atoms with Gasteiger partial charge in [-0.15, -0.1) is 11.3 Å². The zero-order chi connectivity index (χ0) is 19.0. The van der Waals surface area contributed by atoms with Crippen LogP contribution in [0.5, 0.6) is 0 Å². The van der Waals surface area contributed by atoms with E-state index in [0.717, 1.165) is 42.9 Å². The quantitative estimate of drug-likeness (QED) is 0.756. The number of aromatic nitrogens is 2. The lowest BCUT2D eigenvalue weighted by atomic mass is 10.0. The van der Waals surface area contributed by atoms with E-state index in [1.807, 2.05) is 16.6 Å². The summed E-state index contributed by atoms with van der Waals surface area (Å²) in [5.41, 5.74) is 2.90. The predicted octanol–water partition coefficient (Wildman–Crippen LogP) is 1.78. The molecule has 0 N–H and O–H groups in total. The lowest BCUT2D eigenvalue weighted by molar-refractivity contribution is -0.130. The molecule has 0 saturated carbocycles. The minimum absolute atomic E-state index is 0.172. The first-order valence-electron chi connectivity index (χ1n) is 9.32. The standard InChI is InChI=1S/C18H24N4O3S2/c1-20-16-8-11-22(27(24,25)18-5-4-12-26-18)13-14(16)15(19-20)6-7-17(23)21-9-2-3-10-21/h4-5,12H,2-3,6-11,13H2,1H3. The van der Waals surface area contributed by atoms with Crippen molar-refractivity contribution in [2.45, 2.75) is 42.9 Å². The maximum Gasteiger partial charge on any atom is 0.252 e. The predicted molar refractivity (Wildman–Crippen MR) is 103 cm³/mol. The number of hydrogen-bond acceptors (Lipinski definition) is 5. The van der Waals surface area contributed by atoms with Crippen molar-refractivity contribution in [3.63, 3.8) is 0 Å². The summed E-state index contributed by atoms with van der Waals surface area (Å²) in [6.45, 7) is 2.49. The molecule has 2 aliphatic rings. The average Bonchev–Trinajstić information content (AvgIpc) is 3.41. The number of amides is 1. The fourth-order valence-electron chi connectivity index (χ4n) is 3.94. The molecule has 2 aliphatic heterocycles. The molecule has 1 amide bonds. The van der Waals surface area contributed by atoms with E-state index >= 15 is 0 Å². The Labute approximate surface area is 163 Å². The first kappa shape index (κ1) is 18.6. The summed E-state index contributed by atoms with van der Waals surface area (Å²) in [7, 11) is -1.58. The van der Waals surface area contributed by atoms with E-state index in [2.05, 4.69) is 5.10 Å². The normalized spacial score (nSPS) is 18.0. The van der Waals surface area contributed by atoms with Gasteiger partial charge in [0.25, 0.3) is 10.0 Å². The Morgan fingerprint density at radius 1 is 1.26 bits per heavy atom. The third-order valence-corrected chi connectivity index (χ3v) is 8.63. The maximum absolute atomic E-state index is 12.9. The summed E-state index contributed by atoms with van der Waals surface area (Å²) in [5, 5.41) is 6.38. The Morgan fingerprint density at radius 2 is 2.04 bits per heavy atom. The summed E-state index contributed by atoms with van der Waals surface area (Å²) < 4.78 is 29.5. The largest absolute Gasteiger partial charge is 0.343 e. The lowest BCUT2D eigenvalue weighted by Crippen LogP contribution is -2.36. The average molecular weight is 409 g/mol. The number of aryl methyl sites for hydroxylation is 2. The zero-order valence-electron chi connectivity index (χ0n) is 15.4. The van der Waals surface area contributed by atoms with Gasteiger partial charge in [0.1, 0.15) is 4.21 Å². The Bertz CT molecular complexity index is 928. The molecular formula is C18H24N4O3S2. The Hall–Kier alpha value is -1.71. The molecule has 0 bridgehead atoms. The minimum Gasteiger partial charge on any atom is -0.343 e. The second kappa shape index (κ2) is 7.37. The van der Waals surface area contributed by atoms with Gasteiger partial charge in [-0.2, -0.15) is 9.40 Å².